The molecule has 0 radical (unpaired) electrons. The molecule has 2 aliphatic rings. The highest BCUT2D eigenvalue weighted by Crippen LogP contribution is 2.49. The molecule has 0 aromatic heterocycles. The van der Waals surface area contributed by atoms with E-state index >= 15 is 0 Å². The molecule has 2 aliphatic heterocycles. The SMILES string of the molecule is CCCCCCCCCCCCCc1ccc2c3c(cccc13)C(=O)N(OS(=O)(=O)C(F)(F)F)C1OC21. The van der Waals surface area contributed by atoms with Crippen LogP contribution >= 0.6 is 0 Å². The number of ether oxygens (including phenoxy) is 1. The van der Waals surface area contributed by atoms with Crippen LogP contribution in [0.2, 0.25) is 0 Å². The van der Waals surface area contributed by atoms with E-state index in [1.165, 1.54) is 63.9 Å². The maximum Gasteiger partial charge on any atom is 0.525 e. The van der Waals surface area contributed by atoms with Gasteiger partial charge < -0.3 is 4.74 Å². The van der Waals surface area contributed by atoms with Gasteiger partial charge in [0.2, 0.25) is 0 Å². The third-order valence-corrected chi connectivity index (χ3v) is 8.04. The van der Waals surface area contributed by atoms with Crippen LogP contribution in [0.4, 0.5) is 13.2 Å². The summed E-state index contributed by atoms with van der Waals surface area (Å²) in [4.78, 5) is 13.1. The predicted octanol–water partition coefficient (Wildman–Crippen LogP) is 7.33. The quantitative estimate of drug-likeness (QED) is 0.142. The van der Waals surface area contributed by atoms with Gasteiger partial charge in [0, 0.05) is 5.39 Å². The smallest absolute Gasteiger partial charge is 0.340 e. The van der Waals surface area contributed by atoms with E-state index in [0.717, 1.165) is 30.2 Å². The van der Waals surface area contributed by atoms with E-state index in [4.69, 9.17) is 4.74 Å². The lowest BCUT2D eigenvalue weighted by Crippen LogP contribution is -2.40. The summed E-state index contributed by atoms with van der Waals surface area (Å²) in [5, 5.41) is 1.60. The highest BCUT2D eigenvalue weighted by molar-refractivity contribution is 7.87. The topological polar surface area (TPSA) is 76.2 Å². The number of carbonyl (C=O) groups is 1. The lowest BCUT2D eigenvalue weighted by molar-refractivity contribution is -0.0979. The van der Waals surface area contributed by atoms with Gasteiger partial charge >= 0.3 is 15.6 Å². The Kier molecular flexibility index (Phi) is 8.81. The molecular weight excluding hydrogens is 507 g/mol. The molecule has 1 fully saturated rings. The van der Waals surface area contributed by atoms with E-state index in [2.05, 4.69) is 11.2 Å². The van der Waals surface area contributed by atoms with E-state index in [9.17, 15) is 26.4 Å². The monoisotopic (exact) mass is 541 g/mol. The largest absolute Gasteiger partial charge is 0.525 e. The molecule has 0 N–H and O–H groups in total. The second-order valence-corrected chi connectivity index (χ2v) is 11.4. The van der Waals surface area contributed by atoms with Gasteiger partial charge in [-0.1, -0.05) is 95.4 Å². The molecule has 204 valence electrons. The summed E-state index contributed by atoms with van der Waals surface area (Å²) < 4.78 is 71.5. The molecule has 0 saturated carbocycles. The van der Waals surface area contributed by atoms with Crippen molar-refractivity contribution >= 4 is 26.8 Å². The van der Waals surface area contributed by atoms with Crippen LogP contribution in [0.5, 0.6) is 0 Å². The summed E-state index contributed by atoms with van der Waals surface area (Å²) in [6.07, 6.45) is 12.4. The Labute approximate surface area is 216 Å². The Hall–Kier alpha value is -2.17. The second kappa shape index (κ2) is 11.7. The van der Waals surface area contributed by atoms with Crippen molar-refractivity contribution in [2.24, 2.45) is 0 Å². The minimum absolute atomic E-state index is 0.0986. The number of aryl methyl sites for hydroxylation is 1. The number of hydrogen-bond acceptors (Lipinski definition) is 5. The van der Waals surface area contributed by atoms with Gasteiger partial charge in [-0.15, -0.1) is 4.28 Å². The van der Waals surface area contributed by atoms with Crippen molar-refractivity contribution in [3.05, 3.63) is 47.0 Å². The summed E-state index contributed by atoms with van der Waals surface area (Å²) in [5.41, 5.74) is -3.88. The number of nitrogens with zero attached hydrogens (tertiary/aromatic N) is 1. The van der Waals surface area contributed by atoms with Crippen molar-refractivity contribution in [1.29, 1.82) is 0 Å². The number of hydroxylamine groups is 2. The first-order valence-electron chi connectivity index (χ1n) is 13.2. The molecule has 6 nitrogen and oxygen atoms in total. The number of alkyl halides is 3. The van der Waals surface area contributed by atoms with E-state index in [0.29, 0.717) is 10.9 Å². The molecule has 0 spiro atoms. The van der Waals surface area contributed by atoms with Gasteiger partial charge in [0.15, 0.2) is 6.23 Å². The average Bonchev–Trinajstić information content (AvgIpc) is 3.65. The number of benzene rings is 2. The first-order valence-corrected chi connectivity index (χ1v) is 14.6. The Morgan fingerprint density at radius 1 is 0.919 bits per heavy atom. The first kappa shape index (κ1) is 27.9. The van der Waals surface area contributed by atoms with Gasteiger partial charge in [-0.05, 0) is 35.4 Å². The molecule has 0 aliphatic carbocycles. The van der Waals surface area contributed by atoms with E-state index in [1.54, 1.807) is 6.07 Å². The minimum Gasteiger partial charge on any atom is -0.340 e. The number of unbranched alkanes of at least 4 members (excludes halogenated alkanes) is 10. The van der Waals surface area contributed by atoms with Crippen LogP contribution in [0.15, 0.2) is 30.3 Å². The van der Waals surface area contributed by atoms with Crippen molar-refractivity contribution in [1.82, 2.24) is 5.06 Å². The average molecular weight is 542 g/mol. The molecule has 1 amide bonds. The summed E-state index contributed by atoms with van der Waals surface area (Å²) in [6.45, 7) is 2.22. The Morgan fingerprint density at radius 2 is 1.54 bits per heavy atom. The molecule has 0 bridgehead atoms. The van der Waals surface area contributed by atoms with E-state index in [-0.39, 0.29) is 10.6 Å². The van der Waals surface area contributed by atoms with Gasteiger partial charge in [-0.25, -0.2) is 0 Å². The van der Waals surface area contributed by atoms with Crippen LogP contribution < -0.4 is 0 Å². The lowest BCUT2D eigenvalue weighted by atomic mass is 9.92. The van der Waals surface area contributed by atoms with Crippen LogP contribution in [-0.2, 0) is 25.6 Å². The van der Waals surface area contributed by atoms with E-state index < -0.39 is 33.9 Å². The molecule has 2 heterocycles. The second-order valence-electron chi connectivity index (χ2n) is 9.88. The molecule has 37 heavy (non-hydrogen) atoms. The minimum atomic E-state index is -6.02. The highest BCUT2D eigenvalue weighted by atomic mass is 32.2. The van der Waals surface area contributed by atoms with Crippen LogP contribution in [0.3, 0.4) is 0 Å². The molecular formula is C27H34F3NO5S. The number of epoxide rings is 1. The Balaban J connectivity index is 1.39. The fourth-order valence-electron chi connectivity index (χ4n) is 5.08. The molecule has 2 atom stereocenters. The fraction of sp³-hybridized carbons (Fsp3) is 0.593. The zero-order valence-corrected chi connectivity index (χ0v) is 21.9. The van der Waals surface area contributed by atoms with E-state index in [1.807, 2.05) is 18.2 Å². The molecule has 10 heteroatoms. The van der Waals surface area contributed by atoms with Crippen LogP contribution in [-0.4, -0.2) is 31.1 Å². The third kappa shape index (κ3) is 6.29. The first-order chi connectivity index (χ1) is 17.7. The standard InChI is InChI=1S/C27H34F3NO5S/c1-2-3-4-5-6-7-8-9-10-11-12-14-19-17-18-21-23-20(19)15-13-16-22(23)25(32)31(26-24(21)35-26)36-37(33,34)27(28,29)30/h13,15-18,24,26H,2-12,14H2,1H3. The zero-order valence-electron chi connectivity index (χ0n) is 21.1. The number of halogens is 3. The Bertz CT molecular complexity index is 1210. The summed E-state index contributed by atoms with van der Waals surface area (Å²) in [7, 11) is -6.02. The number of carbonyl (C=O) groups excluding carboxylic acids is 1. The van der Waals surface area contributed by atoms with Crippen LogP contribution in [0.25, 0.3) is 10.8 Å². The fourth-order valence-corrected chi connectivity index (χ4v) is 5.52. The van der Waals surface area contributed by atoms with Gasteiger partial charge in [0.1, 0.15) is 6.10 Å². The third-order valence-electron chi connectivity index (χ3n) is 7.11. The zero-order chi connectivity index (χ0) is 26.6. The van der Waals surface area contributed by atoms with Gasteiger partial charge in [0.25, 0.3) is 5.91 Å². The molecule has 2 aromatic carbocycles. The number of fused-ring (bicyclic) bond motifs is 2. The molecule has 4 rings (SSSR count). The van der Waals surface area contributed by atoms with Crippen molar-refractivity contribution in [2.45, 2.75) is 102 Å². The van der Waals surface area contributed by atoms with Crippen molar-refractivity contribution in [3.63, 3.8) is 0 Å². The Morgan fingerprint density at radius 3 is 2.16 bits per heavy atom. The normalized spacial score (nSPS) is 19.2. The van der Waals surface area contributed by atoms with Crippen molar-refractivity contribution in [2.75, 3.05) is 0 Å². The summed E-state index contributed by atoms with van der Waals surface area (Å²) in [6, 6.07) is 8.78. The summed E-state index contributed by atoms with van der Waals surface area (Å²) in [5.74, 6) is -0.975. The highest BCUT2D eigenvalue weighted by Gasteiger charge is 2.57. The predicted molar refractivity (Wildman–Crippen MR) is 134 cm³/mol. The van der Waals surface area contributed by atoms with Gasteiger partial charge in [-0.2, -0.15) is 26.7 Å². The maximum absolute atomic E-state index is 13.1. The lowest BCUT2D eigenvalue weighted by Gasteiger charge is -2.19. The number of hydrogen-bond donors (Lipinski definition) is 0. The maximum atomic E-state index is 13.1. The van der Waals surface area contributed by atoms with Crippen molar-refractivity contribution in [3.8, 4) is 0 Å². The molecule has 2 aromatic rings. The number of amides is 1. The van der Waals surface area contributed by atoms with Gasteiger partial charge in [0.05, 0.1) is 5.56 Å². The van der Waals surface area contributed by atoms with Gasteiger partial charge in [-0.3, -0.25) is 4.79 Å². The molecule has 1 saturated heterocycles. The molecule has 2 unspecified atom stereocenters. The van der Waals surface area contributed by atoms with Crippen molar-refractivity contribution < 1.29 is 35.4 Å². The van der Waals surface area contributed by atoms with Crippen LogP contribution in [0, 0.1) is 0 Å². The van der Waals surface area contributed by atoms with Crippen LogP contribution in [0.1, 0.15) is 105 Å². The summed E-state index contributed by atoms with van der Waals surface area (Å²) >= 11 is 0. The number of rotatable bonds is 14.